The average molecular weight is 1120 g/mol. The van der Waals surface area contributed by atoms with Gasteiger partial charge in [-0.1, -0.05) is 11.8 Å². The topological polar surface area (TPSA) is 311 Å². The van der Waals surface area contributed by atoms with E-state index in [2.05, 4.69) is 57.4 Å². The highest BCUT2D eigenvalue weighted by atomic mass is 32.2. The maximum absolute atomic E-state index is 13.1. The lowest BCUT2D eigenvalue weighted by molar-refractivity contribution is -0.122. The van der Waals surface area contributed by atoms with E-state index in [0.717, 1.165) is 11.1 Å². The van der Waals surface area contributed by atoms with Gasteiger partial charge in [-0.3, -0.25) is 47.3 Å². The van der Waals surface area contributed by atoms with Gasteiger partial charge in [-0.25, -0.2) is 15.0 Å². The van der Waals surface area contributed by atoms with Crippen LogP contribution in [-0.4, -0.2) is 166 Å². The molecule has 0 aliphatic carbocycles. The van der Waals surface area contributed by atoms with Crippen LogP contribution in [0.25, 0.3) is 0 Å². The van der Waals surface area contributed by atoms with Gasteiger partial charge in [-0.15, -0.1) is 0 Å². The van der Waals surface area contributed by atoms with Crippen LogP contribution in [0.5, 0.6) is 5.75 Å². The number of nitrogens with one attached hydrogen (secondary N) is 3. The van der Waals surface area contributed by atoms with Crippen molar-refractivity contribution in [2.45, 2.75) is 64.4 Å². The molecule has 4 atom stereocenters. The number of pyridine rings is 3. The van der Waals surface area contributed by atoms with Crippen LogP contribution < -0.4 is 37.0 Å². The van der Waals surface area contributed by atoms with Crippen LogP contribution in [0.4, 0.5) is 0 Å². The lowest BCUT2D eigenvalue weighted by atomic mass is 10.1. The van der Waals surface area contributed by atoms with Crippen molar-refractivity contribution in [1.82, 2.24) is 45.6 Å². The maximum Gasteiger partial charge on any atom is 0.278 e. The molecule has 4 unspecified atom stereocenters. The van der Waals surface area contributed by atoms with Gasteiger partial charge < -0.3 is 35.4 Å². The third kappa shape index (κ3) is 20.7. The number of aromatic nitrogens is 3. The summed E-state index contributed by atoms with van der Waals surface area (Å²) in [5.74, 6) is 4.84. The fourth-order valence-electron chi connectivity index (χ4n) is 7.84. The summed E-state index contributed by atoms with van der Waals surface area (Å²) in [6.45, 7) is 11.5. The summed E-state index contributed by atoms with van der Waals surface area (Å²) >= 11 is 0. The third-order valence-electron chi connectivity index (χ3n) is 11.8. The molecular weight excluding hydrogens is 1050 g/mol. The zero-order valence-corrected chi connectivity index (χ0v) is 46.6. The van der Waals surface area contributed by atoms with Crippen LogP contribution in [0.3, 0.4) is 0 Å². The standard InChI is InChI=1S/C49H68N9O13P3S/c1-35-25-39(53-46(27-35)72(4,62)63)32-56-18-19-57(33-40-26-36(2)28-47(54-40)73(5,64)65)21-23-58(22-20-56)34-41-29-38(30-48(55-41)74(6,66)67)12-11-37-13-15-42(16-14-37)71-24-8-17-51-49(61)43(75(68,69)70)31-52-45(60)10-7-9-44(59)50-3/h13-16,25-30,43H,7-10,17-24,31-34H2,1-6H3,(H,50,59)(H,51,61)(H,52,60)(H,62,63)(H,64,65)(H,66,67)(H,68,69,70). The van der Waals surface area contributed by atoms with Gasteiger partial charge in [0.1, 0.15) is 22.1 Å². The van der Waals surface area contributed by atoms with Gasteiger partial charge >= 0.3 is 0 Å². The third-order valence-corrected chi connectivity index (χ3v) is 16.2. The Morgan fingerprint density at radius 1 is 0.653 bits per heavy atom. The van der Waals surface area contributed by atoms with Crippen molar-refractivity contribution in [2.24, 2.45) is 0 Å². The van der Waals surface area contributed by atoms with E-state index in [1.165, 1.54) is 33.1 Å². The zero-order chi connectivity index (χ0) is 55.1. The zero-order valence-electron chi connectivity index (χ0n) is 43.1. The summed E-state index contributed by atoms with van der Waals surface area (Å²) < 4.78 is 77.6. The number of benzene rings is 1. The van der Waals surface area contributed by atoms with Gasteiger partial charge in [0.25, 0.3) is 10.1 Å². The quantitative estimate of drug-likeness (QED) is 0.0254. The van der Waals surface area contributed by atoms with Crippen molar-refractivity contribution >= 4 is 66.3 Å². The van der Waals surface area contributed by atoms with Gasteiger partial charge in [0.2, 0.25) is 39.8 Å². The lowest BCUT2D eigenvalue weighted by Gasteiger charge is -2.26. The van der Waals surface area contributed by atoms with E-state index >= 15 is 0 Å². The molecule has 1 fully saturated rings. The molecule has 22 nitrogen and oxygen atoms in total. The SMILES string of the molecule is CNC(=O)CCCC(=O)NCC(C(=O)NCCCOc1ccc(C#Cc2cc(CN3CCN(Cc4cc(C)cc(P(C)(=O)O)n4)CCN(Cc4cc(C)cc(P(C)(=O)O)n4)CC3)nc(P(C)(=O)O)c2)cc1)S(=O)(=O)O. The minimum Gasteiger partial charge on any atom is -0.494 e. The molecule has 3 aromatic heterocycles. The fraction of sp³-hybridized carbons (Fsp3) is 0.469. The minimum atomic E-state index is -4.85. The highest BCUT2D eigenvalue weighted by Gasteiger charge is 2.31. The first-order valence-corrected chi connectivity index (χ1v) is 32.0. The number of amides is 3. The molecule has 3 amide bonds. The largest absolute Gasteiger partial charge is 0.494 e. The Labute approximate surface area is 438 Å². The predicted molar refractivity (Wildman–Crippen MR) is 286 cm³/mol. The van der Waals surface area contributed by atoms with Crippen molar-refractivity contribution in [3.63, 3.8) is 0 Å². The van der Waals surface area contributed by atoms with E-state index in [1.807, 2.05) is 26.0 Å². The highest BCUT2D eigenvalue weighted by molar-refractivity contribution is 7.87. The molecule has 0 saturated carbocycles. The molecule has 1 aromatic carbocycles. The molecule has 4 heterocycles. The van der Waals surface area contributed by atoms with Crippen LogP contribution in [0, 0.1) is 25.7 Å². The average Bonchev–Trinajstić information content (AvgIpc) is 3.40. The van der Waals surface area contributed by atoms with Crippen LogP contribution in [0.15, 0.2) is 60.7 Å². The Hall–Kier alpha value is -5.20. The van der Waals surface area contributed by atoms with E-state index in [-0.39, 0.29) is 61.0 Å². The summed E-state index contributed by atoms with van der Waals surface area (Å²) in [5, 5.41) is 5.23. The normalized spacial score (nSPS) is 16.8. The lowest BCUT2D eigenvalue weighted by Crippen LogP contribution is -2.47. The number of carbonyl (C=O) groups excluding carboxylic acids is 3. The van der Waals surface area contributed by atoms with Crippen LogP contribution >= 0.6 is 22.1 Å². The Kier molecular flexibility index (Phi) is 22.0. The smallest absolute Gasteiger partial charge is 0.278 e. The second-order valence-corrected chi connectivity index (χ2v) is 27.0. The predicted octanol–water partition coefficient (Wildman–Crippen LogP) is 1.46. The van der Waals surface area contributed by atoms with Crippen LogP contribution in [-0.2, 0) is 57.8 Å². The van der Waals surface area contributed by atoms with E-state index in [9.17, 15) is 55.7 Å². The molecule has 408 valence electrons. The Bertz CT molecular complexity index is 2910. The van der Waals surface area contributed by atoms with Crippen molar-refractivity contribution < 1.29 is 60.5 Å². The fourth-order valence-corrected chi connectivity index (χ4v) is 10.7. The summed E-state index contributed by atoms with van der Waals surface area (Å²) in [6, 6.07) is 17.1. The van der Waals surface area contributed by atoms with E-state index in [4.69, 9.17) is 4.74 Å². The van der Waals surface area contributed by atoms with Crippen molar-refractivity contribution in [1.29, 1.82) is 0 Å². The number of hydrogen-bond acceptors (Lipinski definition) is 15. The molecule has 1 aliphatic heterocycles. The minimum absolute atomic E-state index is 0.000160. The van der Waals surface area contributed by atoms with Crippen molar-refractivity contribution in [2.75, 3.05) is 86.0 Å². The van der Waals surface area contributed by atoms with Gasteiger partial charge in [-0.2, -0.15) is 8.42 Å². The Morgan fingerprint density at radius 3 is 1.55 bits per heavy atom. The van der Waals surface area contributed by atoms with Crippen molar-refractivity contribution in [3.05, 3.63) is 100.0 Å². The van der Waals surface area contributed by atoms with Crippen LogP contribution in [0.2, 0.25) is 0 Å². The van der Waals surface area contributed by atoms with E-state index in [0.29, 0.717) is 92.9 Å². The first-order valence-electron chi connectivity index (χ1n) is 24.2. The summed E-state index contributed by atoms with van der Waals surface area (Å²) in [7, 11) is -14.5. The van der Waals surface area contributed by atoms with Gasteiger partial charge in [-0.05, 0) is 98.5 Å². The highest BCUT2D eigenvalue weighted by Crippen LogP contribution is 2.35. The van der Waals surface area contributed by atoms with Gasteiger partial charge in [0.05, 0.1) is 23.7 Å². The van der Waals surface area contributed by atoms with Gasteiger partial charge in [0, 0.05) is 123 Å². The number of carbonyl (C=O) groups is 3. The van der Waals surface area contributed by atoms with E-state index < -0.39 is 55.8 Å². The molecule has 7 N–H and O–H groups in total. The molecule has 5 rings (SSSR count). The Balaban J connectivity index is 1.25. The molecule has 1 saturated heterocycles. The molecular formula is C49H68N9O13P3S. The summed E-state index contributed by atoms with van der Waals surface area (Å²) in [6.07, 6.45) is 0.503. The number of nitrogens with zero attached hydrogens (tertiary/aromatic N) is 6. The molecule has 0 spiro atoms. The second kappa shape index (κ2) is 27.2. The summed E-state index contributed by atoms with van der Waals surface area (Å²) in [5.41, 5.74) is 4.80. The molecule has 75 heavy (non-hydrogen) atoms. The van der Waals surface area contributed by atoms with E-state index in [1.54, 1.807) is 42.5 Å². The molecule has 0 radical (unpaired) electrons. The molecule has 26 heteroatoms. The summed E-state index contributed by atoms with van der Waals surface area (Å²) in [4.78, 5) is 87.9. The molecule has 4 aromatic rings. The number of rotatable bonds is 22. The maximum atomic E-state index is 13.1. The van der Waals surface area contributed by atoms with Crippen LogP contribution in [0.1, 0.15) is 65.0 Å². The molecule has 1 aliphatic rings. The first-order chi connectivity index (χ1) is 35.1. The van der Waals surface area contributed by atoms with Crippen molar-refractivity contribution in [3.8, 4) is 17.6 Å². The first kappa shape index (κ1) is 60.7. The van der Waals surface area contributed by atoms with Gasteiger partial charge in [0.15, 0.2) is 5.25 Å². The number of hydrogen-bond donors (Lipinski definition) is 7. The number of ether oxygens (including phenoxy) is 1. The molecule has 0 bridgehead atoms. The monoisotopic (exact) mass is 1120 g/mol. The number of aryl methyl sites for hydroxylation is 2. The Morgan fingerprint density at radius 2 is 1.09 bits per heavy atom. The second-order valence-electron chi connectivity index (χ2n) is 18.8.